The van der Waals surface area contributed by atoms with E-state index in [1.807, 2.05) is 11.3 Å². The Morgan fingerprint density at radius 3 is 2.09 bits per heavy atom. The third-order valence-electron chi connectivity index (χ3n) is 13.1. The van der Waals surface area contributed by atoms with E-state index in [0.717, 1.165) is 17.1 Å². The Balaban J connectivity index is 1.00. The summed E-state index contributed by atoms with van der Waals surface area (Å²) in [6, 6.07) is 68.0. The van der Waals surface area contributed by atoms with Crippen LogP contribution in [0.4, 0.5) is 17.1 Å². The lowest BCUT2D eigenvalue weighted by Gasteiger charge is -2.26. The van der Waals surface area contributed by atoms with Gasteiger partial charge in [-0.2, -0.15) is 0 Å². The van der Waals surface area contributed by atoms with Crippen molar-refractivity contribution in [2.24, 2.45) is 0 Å². The van der Waals surface area contributed by atoms with Gasteiger partial charge in [0.2, 0.25) is 0 Å². The van der Waals surface area contributed by atoms with Crippen LogP contribution in [0.1, 0.15) is 25.0 Å². The van der Waals surface area contributed by atoms with Crippen LogP contribution in [0.15, 0.2) is 182 Å². The number of benzene rings is 9. The van der Waals surface area contributed by atoms with Crippen LogP contribution in [0.5, 0.6) is 0 Å². The molecule has 272 valence electrons. The lowest BCUT2D eigenvalue weighted by atomic mass is 9.81. The molecule has 11 aromatic rings. The average Bonchev–Trinajstić information content (AvgIpc) is 3.85. The van der Waals surface area contributed by atoms with Gasteiger partial charge in [-0.1, -0.05) is 129 Å². The standard InChI is InChI=1S/C55H36N2S/c1-55(2)46-19-11-18-42-44-31-34(22-28-49(44)57-48-20-8-6-15-40(48)43-26-27-47(55)53(52(42)46)54(43)57)38-17-10-12-33-30-36(23-25-39(33)38)56(35-13-4-3-5-14-35)37-24-29-51-45(32-37)41-16-7-9-21-50(41)58-51/h3-32H,1-2H3. The number of fused-ring (bicyclic) bond motifs is 10. The number of para-hydroxylation sites is 2. The SMILES string of the molecule is CC1(C)c2cccc3c2-c2c1ccc1c4ccccc4n(c21)-c1ccc(-c2cccc4cc(N(c5ccccc5)c5ccc6sc7ccccc7c6c5)ccc24)cc1-3. The van der Waals surface area contributed by atoms with Crippen LogP contribution in [-0.2, 0) is 5.41 Å². The van der Waals surface area contributed by atoms with Crippen molar-refractivity contribution in [1.82, 2.24) is 4.57 Å². The summed E-state index contributed by atoms with van der Waals surface area (Å²) in [5.41, 5.74) is 17.8. The monoisotopic (exact) mass is 756 g/mol. The van der Waals surface area contributed by atoms with Crippen molar-refractivity contribution in [3.05, 3.63) is 193 Å². The molecule has 2 nitrogen and oxygen atoms in total. The molecule has 3 heteroatoms. The van der Waals surface area contributed by atoms with Gasteiger partial charge in [-0.05, 0) is 111 Å². The number of thiophene rings is 1. The summed E-state index contributed by atoms with van der Waals surface area (Å²) < 4.78 is 5.18. The zero-order chi connectivity index (χ0) is 38.3. The van der Waals surface area contributed by atoms with Gasteiger partial charge in [0.1, 0.15) is 0 Å². The van der Waals surface area contributed by atoms with E-state index < -0.39 is 0 Å². The molecule has 0 amide bonds. The summed E-state index contributed by atoms with van der Waals surface area (Å²) in [5.74, 6) is 0. The minimum atomic E-state index is -0.0878. The van der Waals surface area contributed by atoms with Crippen molar-refractivity contribution in [2.45, 2.75) is 19.3 Å². The van der Waals surface area contributed by atoms with Crippen LogP contribution in [0.2, 0.25) is 0 Å². The minimum Gasteiger partial charge on any atom is -0.310 e. The van der Waals surface area contributed by atoms with E-state index in [2.05, 4.69) is 205 Å². The maximum Gasteiger partial charge on any atom is 0.0623 e. The van der Waals surface area contributed by atoms with Crippen molar-refractivity contribution in [3.8, 4) is 39.1 Å². The first-order valence-electron chi connectivity index (χ1n) is 20.2. The zero-order valence-corrected chi connectivity index (χ0v) is 32.9. The van der Waals surface area contributed by atoms with E-state index in [4.69, 9.17) is 0 Å². The normalized spacial score (nSPS) is 13.5. The van der Waals surface area contributed by atoms with Gasteiger partial charge in [0.05, 0.1) is 16.7 Å². The molecule has 9 aromatic carbocycles. The predicted octanol–water partition coefficient (Wildman–Crippen LogP) is 15.7. The van der Waals surface area contributed by atoms with Gasteiger partial charge in [-0.15, -0.1) is 11.3 Å². The fourth-order valence-corrected chi connectivity index (χ4v) is 11.5. The largest absolute Gasteiger partial charge is 0.310 e. The van der Waals surface area contributed by atoms with Gasteiger partial charge in [0, 0.05) is 64.5 Å². The summed E-state index contributed by atoms with van der Waals surface area (Å²) in [6.07, 6.45) is 0. The fourth-order valence-electron chi connectivity index (χ4n) is 10.4. The second-order valence-electron chi connectivity index (χ2n) is 16.5. The highest BCUT2D eigenvalue weighted by Crippen LogP contribution is 2.58. The molecule has 0 N–H and O–H groups in total. The second kappa shape index (κ2) is 11.6. The van der Waals surface area contributed by atoms with Crippen molar-refractivity contribution in [3.63, 3.8) is 0 Å². The molecule has 13 rings (SSSR count). The van der Waals surface area contributed by atoms with Crippen molar-refractivity contribution >= 4 is 81.1 Å². The van der Waals surface area contributed by atoms with Gasteiger partial charge >= 0.3 is 0 Å². The smallest absolute Gasteiger partial charge is 0.0623 e. The van der Waals surface area contributed by atoms with Gasteiger partial charge in [0.25, 0.3) is 0 Å². The quantitative estimate of drug-likeness (QED) is 0.174. The van der Waals surface area contributed by atoms with Crippen molar-refractivity contribution in [2.75, 3.05) is 4.90 Å². The summed E-state index contributed by atoms with van der Waals surface area (Å²) in [4.78, 5) is 2.39. The maximum atomic E-state index is 2.55. The van der Waals surface area contributed by atoms with Gasteiger partial charge in [-0.3, -0.25) is 0 Å². The number of anilines is 3. The van der Waals surface area contributed by atoms with Crippen LogP contribution in [0, 0.1) is 0 Å². The first-order chi connectivity index (χ1) is 28.5. The molecule has 0 radical (unpaired) electrons. The topological polar surface area (TPSA) is 8.17 Å². The van der Waals surface area contributed by atoms with Gasteiger partial charge in [0.15, 0.2) is 0 Å². The molecule has 0 spiro atoms. The minimum absolute atomic E-state index is 0.0878. The number of rotatable bonds is 4. The number of hydrogen-bond donors (Lipinski definition) is 0. The lowest BCUT2D eigenvalue weighted by molar-refractivity contribution is 0.661. The second-order valence-corrected chi connectivity index (χ2v) is 17.6. The Kier molecular flexibility index (Phi) is 6.42. The summed E-state index contributed by atoms with van der Waals surface area (Å²) in [7, 11) is 0. The van der Waals surface area contributed by atoms with Crippen LogP contribution in [0.25, 0.3) is 91.8 Å². The summed E-state index contributed by atoms with van der Waals surface area (Å²) >= 11 is 1.86. The van der Waals surface area contributed by atoms with Gasteiger partial charge in [-0.25, -0.2) is 0 Å². The Morgan fingerprint density at radius 1 is 0.448 bits per heavy atom. The molecule has 1 aliphatic carbocycles. The molecule has 0 saturated carbocycles. The summed E-state index contributed by atoms with van der Waals surface area (Å²) in [6.45, 7) is 4.79. The molecule has 0 fully saturated rings. The number of nitrogens with zero attached hydrogens (tertiary/aromatic N) is 2. The Morgan fingerprint density at radius 2 is 1.17 bits per heavy atom. The molecule has 1 aliphatic heterocycles. The summed E-state index contributed by atoms with van der Waals surface area (Å²) in [5, 5.41) is 7.69. The zero-order valence-electron chi connectivity index (χ0n) is 32.1. The molecule has 2 aromatic heterocycles. The molecule has 0 unspecified atom stereocenters. The van der Waals surface area contributed by atoms with E-state index in [-0.39, 0.29) is 5.41 Å². The Bertz CT molecular complexity index is 3550. The first-order valence-corrected chi connectivity index (χ1v) is 21.0. The van der Waals surface area contributed by atoms with E-state index in [1.165, 1.54) is 103 Å². The van der Waals surface area contributed by atoms with Crippen LogP contribution in [0.3, 0.4) is 0 Å². The third kappa shape index (κ3) is 4.26. The third-order valence-corrected chi connectivity index (χ3v) is 14.2. The first kappa shape index (κ1) is 32.2. The maximum absolute atomic E-state index is 2.55. The van der Waals surface area contributed by atoms with E-state index >= 15 is 0 Å². The highest BCUT2D eigenvalue weighted by molar-refractivity contribution is 7.25. The number of aromatic nitrogens is 1. The number of hydrogen-bond acceptors (Lipinski definition) is 2. The molecule has 2 aliphatic rings. The molecule has 58 heavy (non-hydrogen) atoms. The van der Waals surface area contributed by atoms with E-state index in [1.54, 1.807) is 0 Å². The van der Waals surface area contributed by atoms with Crippen LogP contribution < -0.4 is 4.90 Å². The highest BCUT2D eigenvalue weighted by Gasteiger charge is 2.41. The molecular weight excluding hydrogens is 721 g/mol. The molecule has 0 atom stereocenters. The Hall–Kier alpha value is -6.94. The molecule has 0 bridgehead atoms. The predicted molar refractivity (Wildman–Crippen MR) is 248 cm³/mol. The lowest BCUT2D eigenvalue weighted by Crippen LogP contribution is -2.15. The van der Waals surface area contributed by atoms with Crippen molar-refractivity contribution in [1.29, 1.82) is 0 Å². The van der Waals surface area contributed by atoms with Gasteiger partial charge < -0.3 is 9.47 Å². The molecular formula is C55H36N2S. The van der Waals surface area contributed by atoms with Crippen LogP contribution >= 0.6 is 11.3 Å². The van der Waals surface area contributed by atoms with E-state index in [9.17, 15) is 0 Å². The fraction of sp³-hybridized carbons (Fsp3) is 0.0545. The van der Waals surface area contributed by atoms with Crippen molar-refractivity contribution < 1.29 is 0 Å². The van der Waals surface area contributed by atoms with E-state index in [0.29, 0.717) is 0 Å². The average molecular weight is 757 g/mol. The Labute approximate surface area is 340 Å². The molecule has 0 saturated heterocycles. The van der Waals surface area contributed by atoms with Crippen LogP contribution in [-0.4, -0.2) is 4.57 Å². The highest BCUT2D eigenvalue weighted by atomic mass is 32.1. The molecule has 3 heterocycles.